The van der Waals surface area contributed by atoms with Gasteiger partial charge >= 0.3 is 0 Å². The van der Waals surface area contributed by atoms with Crippen LogP contribution in [-0.2, 0) is 11.3 Å². The van der Waals surface area contributed by atoms with E-state index in [9.17, 15) is 4.79 Å². The van der Waals surface area contributed by atoms with E-state index in [1.165, 1.54) is 6.08 Å². The van der Waals surface area contributed by atoms with Crippen LogP contribution in [0.4, 0.5) is 11.5 Å². The summed E-state index contributed by atoms with van der Waals surface area (Å²) in [6, 6.07) is 7.66. The Labute approximate surface area is 171 Å². The first-order valence-corrected chi connectivity index (χ1v) is 10.1. The van der Waals surface area contributed by atoms with Crippen LogP contribution in [0.5, 0.6) is 0 Å². The standard InChI is InChI=1S/C17H20N4O.3C2H6/c1-5-16(22)21-15-8-6-7-14(9-15)10-18-17-11(2)12(3)19-13(4)20-17;3*1-2/h5-9H,1,10H2,2-4H3,(H,21,22)(H,18,19,20);3*1-2H3. The van der Waals surface area contributed by atoms with Crippen LogP contribution in [0.2, 0.25) is 0 Å². The Morgan fingerprint density at radius 2 is 1.64 bits per heavy atom. The molecule has 0 bridgehead atoms. The molecular formula is C23H38N4O. The Balaban J connectivity index is 0. The third kappa shape index (κ3) is 9.86. The molecule has 2 aromatic rings. The second-order valence-electron chi connectivity index (χ2n) is 5.08. The second kappa shape index (κ2) is 16.5. The Morgan fingerprint density at radius 3 is 2.21 bits per heavy atom. The monoisotopic (exact) mass is 386 g/mol. The lowest BCUT2D eigenvalue weighted by atomic mass is 10.2. The molecular weight excluding hydrogens is 348 g/mol. The van der Waals surface area contributed by atoms with Gasteiger partial charge in [0.1, 0.15) is 11.6 Å². The third-order valence-electron chi connectivity index (χ3n) is 3.34. The highest BCUT2D eigenvalue weighted by molar-refractivity contribution is 5.98. The van der Waals surface area contributed by atoms with Gasteiger partial charge in [-0.3, -0.25) is 4.79 Å². The number of rotatable bonds is 5. The van der Waals surface area contributed by atoms with Crippen LogP contribution >= 0.6 is 0 Å². The highest BCUT2D eigenvalue weighted by Crippen LogP contribution is 2.17. The summed E-state index contributed by atoms with van der Waals surface area (Å²) in [4.78, 5) is 20.1. The number of benzene rings is 1. The Kier molecular flexibility index (Phi) is 16.2. The first-order valence-electron chi connectivity index (χ1n) is 10.1. The number of aromatic nitrogens is 2. The zero-order valence-electron chi connectivity index (χ0n) is 19.1. The molecule has 0 spiro atoms. The molecule has 2 N–H and O–H groups in total. The first-order chi connectivity index (χ1) is 13.5. The van der Waals surface area contributed by atoms with Crippen molar-refractivity contribution in [3.05, 3.63) is 59.6 Å². The van der Waals surface area contributed by atoms with Gasteiger partial charge in [-0.25, -0.2) is 9.97 Å². The molecule has 1 aromatic carbocycles. The lowest BCUT2D eigenvalue weighted by molar-refractivity contribution is -0.111. The summed E-state index contributed by atoms with van der Waals surface area (Å²) in [7, 11) is 0. The predicted molar refractivity (Wildman–Crippen MR) is 123 cm³/mol. The summed E-state index contributed by atoms with van der Waals surface area (Å²) in [6.07, 6.45) is 1.25. The molecule has 5 heteroatoms. The van der Waals surface area contributed by atoms with Crippen LogP contribution in [0.3, 0.4) is 0 Å². The average molecular weight is 387 g/mol. The molecule has 0 unspecified atom stereocenters. The van der Waals surface area contributed by atoms with Gasteiger partial charge in [0, 0.05) is 23.5 Å². The van der Waals surface area contributed by atoms with Crippen molar-refractivity contribution >= 4 is 17.4 Å². The van der Waals surface area contributed by atoms with Crippen LogP contribution < -0.4 is 10.6 Å². The number of hydrogen-bond acceptors (Lipinski definition) is 4. The zero-order valence-corrected chi connectivity index (χ0v) is 19.1. The van der Waals surface area contributed by atoms with Gasteiger partial charge in [0.05, 0.1) is 0 Å². The molecule has 0 aliphatic rings. The summed E-state index contributed by atoms with van der Waals surface area (Å²) < 4.78 is 0. The molecule has 1 heterocycles. The van der Waals surface area contributed by atoms with Crippen molar-refractivity contribution in [1.82, 2.24) is 9.97 Å². The summed E-state index contributed by atoms with van der Waals surface area (Å²) in [5.74, 6) is 1.37. The number of carbonyl (C=O) groups excluding carboxylic acids is 1. The molecule has 0 saturated carbocycles. The minimum absolute atomic E-state index is 0.219. The maximum absolute atomic E-state index is 11.3. The van der Waals surface area contributed by atoms with Crippen LogP contribution in [0, 0.1) is 20.8 Å². The van der Waals surface area contributed by atoms with Crippen molar-refractivity contribution in [2.45, 2.75) is 68.9 Å². The number of nitrogens with zero attached hydrogens (tertiary/aromatic N) is 2. The fourth-order valence-electron chi connectivity index (χ4n) is 2.08. The van der Waals surface area contributed by atoms with E-state index in [2.05, 4.69) is 27.2 Å². The van der Waals surface area contributed by atoms with Crippen LogP contribution in [0.1, 0.15) is 64.2 Å². The van der Waals surface area contributed by atoms with E-state index in [0.717, 1.165) is 34.2 Å². The second-order valence-corrected chi connectivity index (χ2v) is 5.08. The van der Waals surface area contributed by atoms with E-state index >= 15 is 0 Å². The normalized spacial score (nSPS) is 8.61. The number of amides is 1. The molecule has 28 heavy (non-hydrogen) atoms. The van der Waals surface area contributed by atoms with Gasteiger partial charge in [0.15, 0.2) is 0 Å². The van der Waals surface area contributed by atoms with Gasteiger partial charge in [0.2, 0.25) is 5.91 Å². The van der Waals surface area contributed by atoms with E-state index in [-0.39, 0.29) is 5.91 Å². The molecule has 0 radical (unpaired) electrons. The number of carbonyl (C=O) groups is 1. The van der Waals surface area contributed by atoms with E-state index in [1.807, 2.05) is 86.6 Å². The third-order valence-corrected chi connectivity index (χ3v) is 3.34. The SMILES string of the molecule is C=CC(=O)Nc1cccc(CNc2nc(C)nc(C)c2C)c1.CC.CC.CC. The number of hydrogen-bond donors (Lipinski definition) is 2. The molecule has 1 aromatic heterocycles. The van der Waals surface area contributed by atoms with E-state index in [1.54, 1.807) is 0 Å². The number of anilines is 2. The molecule has 0 aliphatic heterocycles. The molecule has 0 atom stereocenters. The lowest BCUT2D eigenvalue weighted by Gasteiger charge is -2.12. The number of aryl methyl sites for hydroxylation is 2. The Hall–Kier alpha value is -2.69. The van der Waals surface area contributed by atoms with Crippen LogP contribution in [0.25, 0.3) is 0 Å². The average Bonchev–Trinajstić information content (AvgIpc) is 2.74. The summed E-state index contributed by atoms with van der Waals surface area (Å²) in [5, 5.41) is 6.07. The molecule has 5 nitrogen and oxygen atoms in total. The van der Waals surface area contributed by atoms with Crippen molar-refractivity contribution in [1.29, 1.82) is 0 Å². The van der Waals surface area contributed by atoms with Gasteiger partial charge in [0.25, 0.3) is 0 Å². The maximum atomic E-state index is 11.3. The van der Waals surface area contributed by atoms with Gasteiger partial charge in [-0.1, -0.05) is 60.3 Å². The topological polar surface area (TPSA) is 66.9 Å². The van der Waals surface area contributed by atoms with Gasteiger partial charge in [-0.05, 0) is 44.5 Å². The quantitative estimate of drug-likeness (QED) is 0.599. The summed E-state index contributed by atoms with van der Waals surface area (Å²) in [6.45, 7) is 21.9. The van der Waals surface area contributed by atoms with Gasteiger partial charge in [-0.2, -0.15) is 0 Å². The fourth-order valence-corrected chi connectivity index (χ4v) is 2.08. The van der Waals surface area contributed by atoms with Crippen LogP contribution in [-0.4, -0.2) is 15.9 Å². The van der Waals surface area contributed by atoms with Crippen molar-refractivity contribution in [2.24, 2.45) is 0 Å². The lowest BCUT2D eigenvalue weighted by Crippen LogP contribution is -2.09. The summed E-state index contributed by atoms with van der Waals surface area (Å²) >= 11 is 0. The molecule has 0 fully saturated rings. The Bertz CT molecular complexity index is 712. The smallest absolute Gasteiger partial charge is 0.247 e. The molecule has 0 aliphatic carbocycles. The predicted octanol–water partition coefficient (Wildman–Crippen LogP) is 6.22. The van der Waals surface area contributed by atoms with E-state index in [0.29, 0.717) is 6.54 Å². The number of nitrogens with one attached hydrogen (secondary N) is 2. The van der Waals surface area contributed by atoms with Crippen molar-refractivity contribution < 1.29 is 4.79 Å². The fraction of sp³-hybridized carbons (Fsp3) is 0.435. The molecule has 156 valence electrons. The van der Waals surface area contributed by atoms with Crippen molar-refractivity contribution in [3.63, 3.8) is 0 Å². The van der Waals surface area contributed by atoms with E-state index in [4.69, 9.17) is 0 Å². The zero-order chi connectivity index (χ0) is 22.1. The van der Waals surface area contributed by atoms with Crippen LogP contribution in [0.15, 0.2) is 36.9 Å². The van der Waals surface area contributed by atoms with Crippen molar-refractivity contribution in [2.75, 3.05) is 10.6 Å². The van der Waals surface area contributed by atoms with Gasteiger partial charge in [-0.15, -0.1) is 0 Å². The van der Waals surface area contributed by atoms with E-state index < -0.39 is 0 Å². The van der Waals surface area contributed by atoms with Gasteiger partial charge < -0.3 is 10.6 Å². The Morgan fingerprint density at radius 1 is 1.04 bits per heavy atom. The summed E-state index contributed by atoms with van der Waals surface area (Å²) in [5.41, 5.74) is 3.81. The minimum atomic E-state index is -0.219. The highest BCUT2D eigenvalue weighted by Gasteiger charge is 2.06. The molecule has 1 amide bonds. The maximum Gasteiger partial charge on any atom is 0.247 e. The molecule has 0 saturated heterocycles. The largest absolute Gasteiger partial charge is 0.366 e. The van der Waals surface area contributed by atoms with Crippen molar-refractivity contribution in [3.8, 4) is 0 Å². The molecule has 2 rings (SSSR count). The first kappa shape index (κ1) is 27.5. The minimum Gasteiger partial charge on any atom is -0.366 e. The highest BCUT2D eigenvalue weighted by atomic mass is 16.1.